The highest BCUT2D eigenvalue weighted by atomic mass is 16.5. The van der Waals surface area contributed by atoms with Crippen LogP contribution < -0.4 is 5.32 Å². The molecule has 1 aliphatic heterocycles. The van der Waals surface area contributed by atoms with Crippen molar-refractivity contribution in [2.75, 3.05) is 13.7 Å². The van der Waals surface area contributed by atoms with Crippen LogP contribution in [0.1, 0.15) is 51.4 Å². The molecule has 2 amide bonds. The first kappa shape index (κ1) is 18.4. The van der Waals surface area contributed by atoms with E-state index in [-0.39, 0.29) is 35.4 Å². The smallest absolute Gasteiger partial charge is 0.224 e. The van der Waals surface area contributed by atoms with Crippen molar-refractivity contribution in [1.82, 2.24) is 25.0 Å². The summed E-state index contributed by atoms with van der Waals surface area (Å²) < 4.78 is 7.75. The van der Waals surface area contributed by atoms with E-state index < -0.39 is 0 Å². The maximum absolute atomic E-state index is 12.9. The van der Waals surface area contributed by atoms with Crippen molar-refractivity contribution in [2.45, 2.75) is 75.6 Å². The minimum atomic E-state index is -0.260. The van der Waals surface area contributed by atoms with E-state index in [0.717, 1.165) is 51.5 Å². The van der Waals surface area contributed by atoms with Crippen molar-refractivity contribution in [3.8, 4) is 0 Å². The lowest BCUT2D eigenvalue weighted by molar-refractivity contribution is -0.138. The number of nitrogens with one attached hydrogen (secondary N) is 1. The van der Waals surface area contributed by atoms with Gasteiger partial charge < -0.3 is 19.5 Å². The van der Waals surface area contributed by atoms with Gasteiger partial charge in [0, 0.05) is 38.6 Å². The van der Waals surface area contributed by atoms with Crippen LogP contribution in [0.3, 0.4) is 0 Å². The predicted molar refractivity (Wildman–Crippen MR) is 97.6 cm³/mol. The lowest BCUT2D eigenvalue weighted by Gasteiger charge is -2.44. The molecule has 0 unspecified atom stereocenters. The van der Waals surface area contributed by atoms with Crippen molar-refractivity contribution in [1.29, 1.82) is 0 Å². The molecule has 0 spiro atoms. The van der Waals surface area contributed by atoms with E-state index in [1.54, 1.807) is 19.8 Å². The number of carbonyl (C=O) groups excluding carboxylic acids is 2. The zero-order chi connectivity index (χ0) is 18.9. The summed E-state index contributed by atoms with van der Waals surface area (Å²) in [5.41, 5.74) is -0.260. The van der Waals surface area contributed by atoms with E-state index in [1.165, 1.54) is 0 Å². The molecule has 3 aliphatic rings. The highest BCUT2D eigenvalue weighted by Gasteiger charge is 2.52. The van der Waals surface area contributed by atoms with Gasteiger partial charge in [-0.2, -0.15) is 0 Å². The fraction of sp³-hybridized carbons (Fsp3) is 0.789. The number of nitrogens with zero attached hydrogens (tertiary/aromatic N) is 4. The van der Waals surface area contributed by atoms with Gasteiger partial charge in [-0.15, -0.1) is 10.2 Å². The molecule has 3 fully saturated rings. The quantitative estimate of drug-likeness (QED) is 0.805. The van der Waals surface area contributed by atoms with Crippen LogP contribution in [0.25, 0.3) is 0 Å². The molecule has 2 aliphatic carbocycles. The lowest BCUT2D eigenvalue weighted by atomic mass is 9.77. The molecular formula is C19H29N5O3. The minimum Gasteiger partial charge on any atom is -0.376 e. The Morgan fingerprint density at radius 1 is 1.22 bits per heavy atom. The average Bonchev–Trinajstić information content (AvgIpc) is 3.26. The Morgan fingerprint density at radius 3 is 2.67 bits per heavy atom. The van der Waals surface area contributed by atoms with Gasteiger partial charge in [-0.25, -0.2) is 0 Å². The highest BCUT2D eigenvalue weighted by Crippen LogP contribution is 2.43. The second-order valence-corrected chi connectivity index (χ2v) is 8.18. The van der Waals surface area contributed by atoms with Gasteiger partial charge in [0.1, 0.15) is 12.7 Å². The molecule has 0 radical (unpaired) electrons. The summed E-state index contributed by atoms with van der Waals surface area (Å²) in [6, 6.07) is 0.175. The standard InChI is InChI=1S/C19H29N5O3/c1-27-19-7-5-15(22-18(26)14-3-2-4-14)11-16(19)24(10-8-19)17(25)6-9-23-12-20-21-13-23/h12-16H,2-11H2,1H3,(H,22,26)/t15-,16+,19-/m1/s1. The molecule has 1 aromatic heterocycles. The summed E-state index contributed by atoms with van der Waals surface area (Å²) in [7, 11) is 1.76. The topological polar surface area (TPSA) is 89.4 Å². The maximum atomic E-state index is 12.9. The van der Waals surface area contributed by atoms with E-state index in [4.69, 9.17) is 4.74 Å². The molecule has 1 N–H and O–H groups in total. The number of carbonyl (C=O) groups is 2. The van der Waals surface area contributed by atoms with Crippen LogP contribution in [-0.4, -0.2) is 62.8 Å². The Labute approximate surface area is 159 Å². The molecule has 2 heterocycles. The van der Waals surface area contributed by atoms with E-state index in [2.05, 4.69) is 15.5 Å². The SMILES string of the molecule is CO[C@@]12CC[C@@H](NC(=O)C3CCC3)C[C@@H]1N(C(=O)CCn1cnnc1)CC2. The van der Waals surface area contributed by atoms with Gasteiger partial charge in [-0.05, 0) is 38.5 Å². The van der Waals surface area contributed by atoms with Crippen LogP contribution in [0.5, 0.6) is 0 Å². The monoisotopic (exact) mass is 375 g/mol. The maximum Gasteiger partial charge on any atom is 0.224 e. The normalized spacial score (nSPS) is 30.6. The minimum absolute atomic E-state index is 0.0383. The predicted octanol–water partition coefficient (Wildman–Crippen LogP) is 1.12. The van der Waals surface area contributed by atoms with Crippen LogP contribution in [0.2, 0.25) is 0 Å². The number of fused-ring (bicyclic) bond motifs is 1. The van der Waals surface area contributed by atoms with Crippen LogP contribution >= 0.6 is 0 Å². The third-order valence-electron chi connectivity index (χ3n) is 6.78. The Bertz CT molecular complexity index is 675. The molecule has 4 rings (SSSR count). The molecule has 3 atom stereocenters. The number of rotatable bonds is 6. The molecule has 1 aromatic rings. The van der Waals surface area contributed by atoms with Crippen molar-refractivity contribution in [3.63, 3.8) is 0 Å². The number of aryl methyl sites for hydroxylation is 1. The Morgan fingerprint density at radius 2 is 2.00 bits per heavy atom. The Kier molecular flexibility index (Phi) is 5.16. The summed E-state index contributed by atoms with van der Waals surface area (Å²) in [5.74, 6) is 0.530. The Balaban J connectivity index is 1.39. The Hall–Kier alpha value is -1.96. The number of aromatic nitrogens is 3. The summed E-state index contributed by atoms with van der Waals surface area (Å²) >= 11 is 0. The average molecular weight is 375 g/mol. The molecule has 27 heavy (non-hydrogen) atoms. The summed E-state index contributed by atoms with van der Waals surface area (Å²) in [6.07, 6.45) is 10.3. The van der Waals surface area contributed by atoms with Crippen LogP contribution in [0.4, 0.5) is 0 Å². The van der Waals surface area contributed by atoms with Gasteiger partial charge in [0.25, 0.3) is 0 Å². The first-order valence-electron chi connectivity index (χ1n) is 10.1. The molecule has 2 saturated carbocycles. The fourth-order valence-corrected chi connectivity index (χ4v) is 4.82. The second kappa shape index (κ2) is 7.58. The molecule has 8 heteroatoms. The van der Waals surface area contributed by atoms with Gasteiger partial charge in [0.05, 0.1) is 11.6 Å². The number of hydrogen-bond donors (Lipinski definition) is 1. The number of ether oxygens (including phenoxy) is 1. The highest BCUT2D eigenvalue weighted by molar-refractivity contribution is 5.80. The third kappa shape index (κ3) is 3.59. The first-order valence-corrected chi connectivity index (χ1v) is 10.1. The van der Waals surface area contributed by atoms with Gasteiger partial charge in [-0.3, -0.25) is 9.59 Å². The van der Waals surface area contributed by atoms with Gasteiger partial charge in [-0.1, -0.05) is 6.42 Å². The van der Waals surface area contributed by atoms with Crippen LogP contribution in [0.15, 0.2) is 12.7 Å². The van der Waals surface area contributed by atoms with E-state index in [1.807, 2.05) is 9.47 Å². The third-order valence-corrected chi connectivity index (χ3v) is 6.78. The number of amides is 2. The first-order chi connectivity index (χ1) is 13.1. The van der Waals surface area contributed by atoms with Crippen LogP contribution in [-0.2, 0) is 20.9 Å². The fourth-order valence-electron chi connectivity index (χ4n) is 4.82. The van der Waals surface area contributed by atoms with Crippen molar-refractivity contribution >= 4 is 11.8 Å². The van der Waals surface area contributed by atoms with Gasteiger partial charge in [0.2, 0.25) is 11.8 Å². The van der Waals surface area contributed by atoms with E-state index in [0.29, 0.717) is 13.0 Å². The largest absolute Gasteiger partial charge is 0.376 e. The molecular weight excluding hydrogens is 346 g/mol. The summed E-state index contributed by atoms with van der Waals surface area (Å²) in [6.45, 7) is 1.31. The van der Waals surface area contributed by atoms with E-state index >= 15 is 0 Å². The molecule has 148 valence electrons. The molecule has 0 bridgehead atoms. The van der Waals surface area contributed by atoms with Gasteiger partial charge >= 0.3 is 0 Å². The molecule has 0 aromatic carbocycles. The number of methoxy groups -OCH3 is 1. The molecule has 8 nitrogen and oxygen atoms in total. The zero-order valence-electron chi connectivity index (χ0n) is 16.0. The van der Waals surface area contributed by atoms with Gasteiger partial charge in [0.15, 0.2) is 0 Å². The molecule has 1 saturated heterocycles. The number of likely N-dealkylation sites (tertiary alicyclic amines) is 1. The summed E-state index contributed by atoms with van der Waals surface area (Å²) in [4.78, 5) is 27.2. The summed E-state index contributed by atoms with van der Waals surface area (Å²) in [5, 5.41) is 10.8. The zero-order valence-corrected chi connectivity index (χ0v) is 16.0. The van der Waals surface area contributed by atoms with Crippen molar-refractivity contribution in [2.24, 2.45) is 5.92 Å². The van der Waals surface area contributed by atoms with Crippen LogP contribution in [0, 0.1) is 5.92 Å². The van der Waals surface area contributed by atoms with Crippen molar-refractivity contribution < 1.29 is 14.3 Å². The lowest BCUT2D eigenvalue weighted by Crippen LogP contribution is -2.56. The number of hydrogen-bond acceptors (Lipinski definition) is 5. The second-order valence-electron chi connectivity index (χ2n) is 8.18. The van der Waals surface area contributed by atoms with E-state index in [9.17, 15) is 9.59 Å². The van der Waals surface area contributed by atoms with Crippen molar-refractivity contribution in [3.05, 3.63) is 12.7 Å².